The summed E-state index contributed by atoms with van der Waals surface area (Å²) in [5.41, 5.74) is 0.909. The van der Waals surface area contributed by atoms with E-state index in [0.29, 0.717) is 6.04 Å². The van der Waals surface area contributed by atoms with Gasteiger partial charge in [0.1, 0.15) is 6.54 Å². The molecule has 1 aromatic heterocycles. The number of carbonyl (C=O) groups excluding carboxylic acids is 1. The Kier molecular flexibility index (Phi) is 5.62. The van der Waals surface area contributed by atoms with Gasteiger partial charge >= 0.3 is 0 Å². The maximum atomic E-state index is 12.6. The zero-order valence-electron chi connectivity index (χ0n) is 16.2. The summed E-state index contributed by atoms with van der Waals surface area (Å²) in [5, 5.41) is 14.9. The zero-order valence-corrected chi connectivity index (χ0v) is 16.2. The molecule has 1 N–H and O–H groups in total. The van der Waals surface area contributed by atoms with Gasteiger partial charge in [0, 0.05) is 54.4 Å². The van der Waals surface area contributed by atoms with Crippen molar-refractivity contribution in [1.29, 1.82) is 0 Å². The number of aromatic nitrogens is 1. The minimum atomic E-state index is -0.399. The molecule has 1 saturated heterocycles. The van der Waals surface area contributed by atoms with Gasteiger partial charge in [-0.3, -0.25) is 19.8 Å². The van der Waals surface area contributed by atoms with Gasteiger partial charge in [-0.1, -0.05) is 25.7 Å². The van der Waals surface area contributed by atoms with Crippen LogP contribution in [0.1, 0.15) is 44.9 Å². The van der Waals surface area contributed by atoms with E-state index in [-0.39, 0.29) is 24.2 Å². The molecule has 150 valence electrons. The number of hydrogen-bond donors (Lipinski definition) is 1. The third kappa shape index (κ3) is 4.19. The van der Waals surface area contributed by atoms with Gasteiger partial charge in [0.15, 0.2) is 0 Å². The van der Waals surface area contributed by atoms with Crippen LogP contribution in [0.4, 0.5) is 5.69 Å². The first kappa shape index (κ1) is 18.9. The Bertz CT molecular complexity index is 854. The van der Waals surface area contributed by atoms with Crippen LogP contribution in [0.5, 0.6) is 0 Å². The second-order valence-corrected chi connectivity index (χ2v) is 8.14. The molecule has 2 fully saturated rings. The number of rotatable bonds is 5. The summed E-state index contributed by atoms with van der Waals surface area (Å²) in [5.74, 6) is 0.00330. The molecule has 28 heavy (non-hydrogen) atoms. The van der Waals surface area contributed by atoms with Gasteiger partial charge in [-0.05, 0) is 31.4 Å². The molecule has 7 heteroatoms. The number of carbonyl (C=O) groups is 1. The van der Waals surface area contributed by atoms with E-state index in [9.17, 15) is 14.9 Å². The molecular weight excluding hydrogens is 356 g/mol. The van der Waals surface area contributed by atoms with Crippen molar-refractivity contribution >= 4 is 22.5 Å². The summed E-state index contributed by atoms with van der Waals surface area (Å²) < 4.78 is 1.85. The molecule has 0 bridgehead atoms. The number of nitrogens with one attached hydrogen (secondary N) is 1. The Morgan fingerprint density at radius 2 is 1.93 bits per heavy atom. The van der Waals surface area contributed by atoms with Crippen molar-refractivity contribution in [2.45, 2.75) is 63.6 Å². The topological polar surface area (TPSA) is 80.4 Å². The normalized spacial score (nSPS) is 21.6. The molecule has 0 spiro atoms. The van der Waals surface area contributed by atoms with Crippen molar-refractivity contribution < 1.29 is 9.72 Å². The molecule has 1 saturated carbocycles. The number of non-ortho nitro benzene ring substituents is 1. The van der Waals surface area contributed by atoms with Gasteiger partial charge in [0.05, 0.1) is 4.92 Å². The maximum absolute atomic E-state index is 12.6. The van der Waals surface area contributed by atoms with E-state index in [1.807, 2.05) is 16.8 Å². The van der Waals surface area contributed by atoms with E-state index in [0.717, 1.165) is 30.4 Å². The predicted molar refractivity (Wildman–Crippen MR) is 108 cm³/mol. The summed E-state index contributed by atoms with van der Waals surface area (Å²) in [6, 6.07) is 7.47. The van der Waals surface area contributed by atoms with Gasteiger partial charge in [0.25, 0.3) is 5.69 Å². The third-order valence-electron chi connectivity index (χ3n) is 6.21. The van der Waals surface area contributed by atoms with Crippen molar-refractivity contribution in [2.75, 3.05) is 13.1 Å². The lowest BCUT2D eigenvalue weighted by Crippen LogP contribution is -2.40. The average Bonchev–Trinajstić information content (AvgIpc) is 3.20. The second-order valence-electron chi connectivity index (χ2n) is 8.14. The quantitative estimate of drug-likeness (QED) is 0.486. The van der Waals surface area contributed by atoms with E-state index >= 15 is 0 Å². The van der Waals surface area contributed by atoms with Crippen molar-refractivity contribution in [2.24, 2.45) is 0 Å². The fraction of sp³-hybridized carbons (Fsp3) is 0.571. The Labute approximate surface area is 164 Å². The van der Waals surface area contributed by atoms with Crippen LogP contribution < -0.4 is 5.32 Å². The molecule has 7 nitrogen and oxygen atoms in total. The van der Waals surface area contributed by atoms with Crippen LogP contribution >= 0.6 is 0 Å². The van der Waals surface area contributed by atoms with Gasteiger partial charge < -0.3 is 9.88 Å². The Hall–Kier alpha value is -2.41. The molecule has 0 radical (unpaired) electrons. The fourth-order valence-corrected chi connectivity index (χ4v) is 4.73. The molecule has 2 aliphatic rings. The van der Waals surface area contributed by atoms with E-state index < -0.39 is 4.92 Å². The first-order chi connectivity index (χ1) is 13.6. The van der Waals surface area contributed by atoms with Crippen molar-refractivity contribution in [1.82, 2.24) is 14.8 Å². The molecule has 1 atom stereocenters. The third-order valence-corrected chi connectivity index (χ3v) is 6.21. The number of nitro groups is 1. The molecule has 1 aliphatic carbocycles. The van der Waals surface area contributed by atoms with Gasteiger partial charge in [-0.25, -0.2) is 0 Å². The van der Waals surface area contributed by atoms with Gasteiger partial charge in [-0.15, -0.1) is 0 Å². The summed E-state index contributed by atoms with van der Waals surface area (Å²) >= 11 is 0. The number of fused-ring (bicyclic) bond motifs is 1. The van der Waals surface area contributed by atoms with Crippen LogP contribution in [0, 0.1) is 10.1 Å². The molecule has 1 unspecified atom stereocenters. The highest BCUT2D eigenvalue weighted by atomic mass is 16.6. The van der Waals surface area contributed by atoms with Crippen molar-refractivity contribution in [3.8, 4) is 0 Å². The van der Waals surface area contributed by atoms with Gasteiger partial charge in [-0.2, -0.15) is 0 Å². The Morgan fingerprint density at radius 3 is 2.68 bits per heavy atom. The summed E-state index contributed by atoms with van der Waals surface area (Å²) in [4.78, 5) is 25.6. The minimum Gasteiger partial charge on any atom is -0.350 e. The molecule has 2 aromatic rings. The molecule has 1 aliphatic heterocycles. The number of benzene rings is 1. The van der Waals surface area contributed by atoms with E-state index in [1.54, 1.807) is 12.1 Å². The second kappa shape index (κ2) is 8.31. The maximum Gasteiger partial charge on any atom is 0.270 e. The Balaban J connectivity index is 1.33. The highest BCUT2D eigenvalue weighted by molar-refractivity contribution is 5.85. The van der Waals surface area contributed by atoms with E-state index in [1.165, 1.54) is 44.6 Å². The first-order valence-corrected chi connectivity index (χ1v) is 10.4. The minimum absolute atomic E-state index is 0.00330. The summed E-state index contributed by atoms with van der Waals surface area (Å²) in [7, 11) is 0. The number of nitro benzene ring substituents is 1. The molecule has 4 rings (SSSR count). The van der Waals surface area contributed by atoms with Crippen LogP contribution in [0.3, 0.4) is 0 Å². The number of amides is 1. The first-order valence-electron chi connectivity index (χ1n) is 10.4. The number of nitrogens with zero attached hydrogens (tertiary/aromatic N) is 3. The average molecular weight is 384 g/mol. The van der Waals surface area contributed by atoms with Crippen LogP contribution in [0.15, 0.2) is 30.5 Å². The Morgan fingerprint density at radius 1 is 1.14 bits per heavy atom. The van der Waals surface area contributed by atoms with Crippen molar-refractivity contribution in [3.05, 3.63) is 40.6 Å². The molecule has 2 heterocycles. The van der Waals surface area contributed by atoms with Gasteiger partial charge in [0.2, 0.25) is 5.91 Å². The highest BCUT2D eigenvalue weighted by Crippen LogP contribution is 2.25. The molecular formula is C21H28N4O3. The van der Waals surface area contributed by atoms with E-state index in [2.05, 4.69) is 10.2 Å². The lowest BCUT2D eigenvalue weighted by Gasteiger charge is -2.26. The predicted octanol–water partition coefficient (Wildman–Crippen LogP) is 3.46. The van der Waals surface area contributed by atoms with Crippen LogP contribution in [0.25, 0.3) is 10.9 Å². The standard InChI is InChI=1S/C21H28N4O3/c26-21(15-24-11-9-16-13-19(25(27)28)7-8-20(16)24)22-17-10-12-23(14-17)18-5-3-1-2-4-6-18/h7-9,11,13,17-18H,1-6,10,12,14-15H2,(H,22,26). The lowest BCUT2D eigenvalue weighted by molar-refractivity contribution is -0.384. The van der Waals surface area contributed by atoms with Crippen molar-refractivity contribution in [3.63, 3.8) is 0 Å². The highest BCUT2D eigenvalue weighted by Gasteiger charge is 2.29. The fourth-order valence-electron chi connectivity index (χ4n) is 4.73. The monoisotopic (exact) mass is 384 g/mol. The largest absolute Gasteiger partial charge is 0.350 e. The van der Waals surface area contributed by atoms with Crippen LogP contribution in [-0.2, 0) is 11.3 Å². The smallest absolute Gasteiger partial charge is 0.270 e. The summed E-state index contributed by atoms with van der Waals surface area (Å²) in [6.07, 6.45) is 10.8. The summed E-state index contributed by atoms with van der Waals surface area (Å²) in [6.45, 7) is 2.27. The lowest BCUT2D eigenvalue weighted by atomic mass is 10.1. The molecule has 1 amide bonds. The zero-order chi connectivity index (χ0) is 19.5. The number of likely N-dealkylation sites (tertiary alicyclic amines) is 1. The SMILES string of the molecule is O=C(Cn1ccc2cc([N+](=O)[O-])ccc21)NC1CCN(C2CCCCCC2)C1. The molecule has 1 aromatic carbocycles. The number of hydrogen-bond acceptors (Lipinski definition) is 4. The van der Waals surface area contributed by atoms with Crippen LogP contribution in [-0.4, -0.2) is 45.5 Å². The van der Waals surface area contributed by atoms with Crippen LogP contribution in [0.2, 0.25) is 0 Å². The van der Waals surface area contributed by atoms with E-state index in [4.69, 9.17) is 0 Å².